The van der Waals surface area contributed by atoms with Gasteiger partial charge in [0.05, 0.1) is 0 Å². The first-order valence-electron chi connectivity index (χ1n) is 4.87. The number of ether oxygens (including phenoxy) is 1. The van der Waals surface area contributed by atoms with Gasteiger partial charge in [-0.3, -0.25) is 0 Å². The zero-order chi connectivity index (χ0) is 8.44. The van der Waals surface area contributed by atoms with Crippen LogP contribution in [0.4, 0.5) is 0 Å². The Bertz CT molecular complexity index is 149. The highest BCUT2D eigenvalue weighted by molar-refractivity contribution is 4.97. The zero-order valence-corrected chi connectivity index (χ0v) is 7.73. The van der Waals surface area contributed by atoms with Crippen LogP contribution in [-0.2, 0) is 4.74 Å². The molecule has 3 heteroatoms. The van der Waals surface area contributed by atoms with Crippen molar-refractivity contribution in [3.05, 3.63) is 0 Å². The average molecular weight is 170 g/mol. The summed E-state index contributed by atoms with van der Waals surface area (Å²) in [6, 6.07) is 0.608. The molecule has 2 heterocycles. The second-order valence-corrected chi connectivity index (χ2v) is 4.07. The van der Waals surface area contributed by atoms with Crippen LogP contribution in [0.3, 0.4) is 0 Å². The summed E-state index contributed by atoms with van der Waals surface area (Å²) in [5, 5.41) is 7.17. The maximum absolute atomic E-state index is 5.36. The van der Waals surface area contributed by atoms with Crippen LogP contribution >= 0.6 is 0 Å². The normalized spacial score (nSPS) is 35.2. The van der Waals surface area contributed by atoms with Gasteiger partial charge in [-0.2, -0.15) is 0 Å². The van der Waals surface area contributed by atoms with Gasteiger partial charge in [0, 0.05) is 37.9 Å². The summed E-state index contributed by atoms with van der Waals surface area (Å²) in [7, 11) is 0. The van der Waals surface area contributed by atoms with E-state index in [4.69, 9.17) is 4.74 Å². The van der Waals surface area contributed by atoms with Gasteiger partial charge < -0.3 is 15.4 Å². The first-order chi connectivity index (χ1) is 5.81. The monoisotopic (exact) mass is 170 g/mol. The molecule has 1 unspecified atom stereocenters. The molecule has 2 saturated heterocycles. The molecule has 1 spiro atoms. The molecule has 0 radical (unpaired) electrons. The van der Waals surface area contributed by atoms with Crippen LogP contribution in [0.1, 0.15) is 19.8 Å². The summed E-state index contributed by atoms with van der Waals surface area (Å²) in [6.45, 7) is 6.29. The Balaban J connectivity index is 1.97. The Morgan fingerprint density at radius 3 is 2.75 bits per heavy atom. The van der Waals surface area contributed by atoms with Crippen molar-refractivity contribution >= 4 is 0 Å². The van der Waals surface area contributed by atoms with Gasteiger partial charge in [-0.15, -0.1) is 0 Å². The third kappa shape index (κ3) is 1.63. The molecule has 3 nitrogen and oxygen atoms in total. The van der Waals surface area contributed by atoms with E-state index in [9.17, 15) is 0 Å². The molecule has 0 amide bonds. The summed E-state index contributed by atoms with van der Waals surface area (Å²) < 4.78 is 5.36. The predicted molar refractivity (Wildman–Crippen MR) is 48.3 cm³/mol. The average Bonchev–Trinajstić information content (AvgIpc) is 2.05. The lowest BCUT2D eigenvalue weighted by molar-refractivity contribution is 0.0261. The third-order valence-electron chi connectivity index (χ3n) is 2.92. The fraction of sp³-hybridized carbons (Fsp3) is 1.00. The van der Waals surface area contributed by atoms with Gasteiger partial charge in [-0.1, -0.05) is 0 Å². The summed E-state index contributed by atoms with van der Waals surface area (Å²) in [5.41, 5.74) is 0.343. The molecule has 2 aliphatic rings. The second-order valence-electron chi connectivity index (χ2n) is 4.07. The van der Waals surface area contributed by atoms with Crippen molar-refractivity contribution < 1.29 is 4.74 Å². The highest BCUT2D eigenvalue weighted by Crippen LogP contribution is 2.22. The molecule has 2 fully saturated rings. The SMILES string of the molecule is CC1CNCC2(CCOCC2)N1. The Morgan fingerprint density at radius 2 is 2.08 bits per heavy atom. The maximum atomic E-state index is 5.36. The fourth-order valence-corrected chi connectivity index (χ4v) is 2.24. The number of nitrogens with one attached hydrogen (secondary N) is 2. The molecule has 12 heavy (non-hydrogen) atoms. The van der Waals surface area contributed by atoms with Gasteiger partial charge in [0.15, 0.2) is 0 Å². The van der Waals surface area contributed by atoms with Crippen LogP contribution in [0.15, 0.2) is 0 Å². The summed E-state index contributed by atoms with van der Waals surface area (Å²) in [6.07, 6.45) is 2.31. The van der Waals surface area contributed by atoms with Gasteiger partial charge in [-0.05, 0) is 19.8 Å². The minimum absolute atomic E-state index is 0.343. The van der Waals surface area contributed by atoms with E-state index in [0.717, 1.165) is 39.1 Å². The fourth-order valence-electron chi connectivity index (χ4n) is 2.24. The Hall–Kier alpha value is -0.120. The maximum Gasteiger partial charge on any atom is 0.0484 e. The molecule has 2 aliphatic heterocycles. The van der Waals surface area contributed by atoms with E-state index in [0.29, 0.717) is 11.6 Å². The third-order valence-corrected chi connectivity index (χ3v) is 2.92. The largest absolute Gasteiger partial charge is 0.381 e. The highest BCUT2D eigenvalue weighted by atomic mass is 16.5. The molecular weight excluding hydrogens is 152 g/mol. The van der Waals surface area contributed by atoms with Crippen LogP contribution in [0, 0.1) is 0 Å². The quantitative estimate of drug-likeness (QED) is 0.541. The van der Waals surface area contributed by atoms with E-state index in [1.165, 1.54) is 0 Å². The van der Waals surface area contributed by atoms with E-state index in [1.807, 2.05) is 0 Å². The number of rotatable bonds is 0. The summed E-state index contributed by atoms with van der Waals surface area (Å²) in [5.74, 6) is 0. The molecule has 0 aromatic carbocycles. The van der Waals surface area contributed by atoms with Crippen LogP contribution in [0.2, 0.25) is 0 Å². The molecule has 2 rings (SSSR count). The Morgan fingerprint density at radius 1 is 1.33 bits per heavy atom. The highest BCUT2D eigenvalue weighted by Gasteiger charge is 2.35. The predicted octanol–water partition coefficient (Wildman–Crippen LogP) is 0.117. The lowest BCUT2D eigenvalue weighted by Crippen LogP contribution is -2.64. The molecule has 0 aromatic rings. The van der Waals surface area contributed by atoms with Crippen LogP contribution in [0.25, 0.3) is 0 Å². The first kappa shape index (κ1) is 8.48. The minimum Gasteiger partial charge on any atom is -0.381 e. The first-order valence-corrected chi connectivity index (χ1v) is 4.87. The smallest absolute Gasteiger partial charge is 0.0484 e. The molecule has 1 atom stereocenters. The van der Waals surface area contributed by atoms with E-state index < -0.39 is 0 Å². The van der Waals surface area contributed by atoms with Gasteiger partial charge in [0.25, 0.3) is 0 Å². The van der Waals surface area contributed by atoms with E-state index in [2.05, 4.69) is 17.6 Å². The molecule has 70 valence electrons. The lowest BCUT2D eigenvalue weighted by Gasteiger charge is -2.44. The minimum atomic E-state index is 0.343. The van der Waals surface area contributed by atoms with Crippen LogP contribution in [0.5, 0.6) is 0 Å². The van der Waals surface area contributed by atoms with Crippen molar-refractivity contribution in [1.82, 2.24) is 10.6 Å². The molecule has 0 bridgehead atoms. The van der Waals surface area contributed by atoms with E-state index in [-0.39, 0.29) is 0 Å². The van der Waals surface area contributed by atoms with E-state index >= 15 is 0 Å². The molecule has 0 aliphatic carbocycles. The number of hydrogen-bond acceptors (Lipinski definition) is 3. The van der Waals surface area contributed by atoms with E-state index in [1.54, 1.807) is 0 Å². The second kappa shape index (κ2) is 3.32. The van der Waals surface area contributed by atoms with Gasteiger partial charge in [-0.25, -0.2) is 0 Å². The molecule has 0 saturated carbocycles. The molecular formula is C9H18N2O. The Labute approximate surface area is 73.9 Å². The van der Waals surface area contributed by atoms with Crippen LogP contribution < -0.4 is 10.6 Å². The number of piperazine rings is 1. The molecule has 2 N–H and O–H groups in total. The van der Waals surface area contributed by atoms with Crippen LogP contribution in [-0.4, -0.2) is 37.9 Å². The lowest BCUT2D eigenvalue weighted by atomic mass is 9.87. The van der Waals surface area contributed by atoms with Gasteiger partial charge in [0.2, 0.25) is 0 Å². The Kier molecular flexibility index (Phi) is 2.35. The van der Waals surface area contributed by atoms with Gasteiger partial charge in [0.1, 0.15) is 0 Å². The van der Waals surface area contributed by atoms with Crippen molar-refractivity contribution in [2.45, 2.75) is 31.3 Å². The van der Waals surface area contributed by atoms with Crippen molar-refractivity contribution in [2.75, 3.05) is 26.3 Å². The summed E-state index contributed by atoms with van der Waals surface area (Å²) >= 11 is 0. The topological polar surface area (TPSA) is 33.3 Å². The summed E-state index contributed by atoms with van der Waals surface area (Å²) in [4.78, 5) is 0. The zero-order valence-electron chi connectivity index (χ0n) is 7.73. The molecule has 0 aromatic heterocycles. The standard InChI is InChI=1S/C9H18N2O/c1-8-6-10-7-9(11-8)2-4-12-5-3-9/h8,10-11H,2-7H2,1H3. The number of hydrogen-bond donors (Lipinski definition) is 2. The van der Waals surface area contributed by atoms with Crippen molar-refractivity contribution in [3.63, 3.8) is 0 Å². The van der Waals surface area contributed by atoms with Crippen molar-refractivity contribution in [2.24, 2.45) is 0 Å². The van der Waals surface area contributed by atoms with Crippen molar-refractivity contribution in [1.29, 1.82) is 0 Å². The van der Waals surface area contributed by atoms with Crippen molar-refractivity contribution in [3.8, 4) is 0 Å². The van der Waals surface area contributed by atoms with Gasteiger partial charge >= 0.3 is 0 Å².